The topological polar surface area (TPSA) is 76.3 Å². The van der Waals surface area contributed by atoms with Gasteiger partial charge in [-0.05, 0) is 6.42 Å². The molecule has 1 aromatic rings. The molecule has 0 spiro atoms. The van der Waals surface area contributed by atoms with Gasteiger partial charge in [0.15, 0.2) is 5.69 Å². The highest BCUT2D eigenvalue weighted by Crippen LogP contribution is 2.30. The number of alkyl halides is 3. The zero-order valence-electron chi connectivity index (χ0n) is 10.9. The van der Waals surface area contributed by atoms with Crippen molar-refractivity contribution in [3.63, 3.8) is 0 Å². The maximum absolute atomic E-state index is 12.8. The number of rotatable bonds is 3. The van der Waals surface area contributed by atoms with Crippen molar-refractivity contribution in [2.24, 2.45) is 5.84 Å². The van der Waals surface area contributed by atoms with Crippen LogP contribution in [0.3, 0.4) is 0 Å². The minimum absolute atomic E-state index is 0.0117. The van der Waals surface area contributed by atoms with E-state index in [1.54, 1.807) is 4.90 Å². The number of aromatic nitrogens is 2. The predicted molar refractivity (Wildman–Crippen MR) is 67.1 cm³/mol. The fraction of sp³-hybridized carbons (Fsp3) is 0.636. The summed E-state index contributed by atoms with van der Waals surface area (Å²) < 4.78 is 43.9. The first-order valence-electron chi connectivity index (χ1n) is 6.23. The Kier molecular flexibility index (Phi) is 4.29. The summed E-state index contributed by atoms with van der Waals surface area (Å²) >= 11 is 0. The highest BCUT2D eigenvalue weighted by Gasteiger charge is 2.34. The molecule has 0 radical (unpaired) electrons. The van der Waals surface area contributed by atoms with Crippen molar-refractivity contribution in [2.45, 2.75) is 25.6 Å². The van der Waals surface area contributed by atoms with Crippen LogP contribution in [0.5, 0.6) is 0 Å². The number of hydrogen-bond donors (Lipinski definition) is 2. The van der Waals surface area contributed by atoms with E-state index in [-0.39, 0.29) is 17.9 Å². The van der Waals surface area contributed by atoms with Crippen molar-refractivity contribution >= 4 is 11.8 Å². The Morgan fingerprint density at radius 1 is 1.50 bits per heavy atom. The average Bonchev–Trinajstić information content (AvgIpc) is 2.46. The summed E-state index contributed by atoms with van der Waals surface area (Å²) in [6.07, 6.45) is -3.77. The van der Waals surface area contributed by atoms with Crippen LogP contribution in [-0.4, -0.2) is 35.8 Å². The van der Waals surface area contributed by atoms with Gasteiger partial charge in [-0.1, -0.05) is 6.92 Å². The zero-order valence-corrected chi connectivity index (χ0v) is 10.9. The van der Waals surface area contributed by atoms with Crippen molar-refractivity contribution in [3.05, 3.63) is 11.8 Å². The lowest BCUT2D eigenvalue weighted by molar-refractivity contribution is -0.141. The summed E-state index contributed by atoms with van der Waals surface area (Å²) in [4.78, 5) is 9.05. The molecule has 1 fully saturated rings. The SMILES string of the molecule is CCC1CN(c2cc(C(F)(F)F)nc(NN)n2)CCO1. The Balaban J connectivity index is 2.30. The lowest BCUT2D eigenvalue weighted by atomic mass is 10.2. The number of hydrogen-bond acceptors (Lipinski definition) is 6. The van der Waals surface area contributed by atoms with Crippen LogP contribution in [0, 0.1) is 0 Å². The molecule has 0 amide bonds. The summed E-state index contributed by atoms with van der Waals surface area (Å²) in [6, 6.07) is 0.929. The van der Waals surface area contributed by atoms with Crippen LogP contribution in [0.25, 0.3) is 0 Å². The number of nitrogens with one attached hydrogen (secondary N) is 1. The van der Waals surface area contributed by atoms with E-state index in [4.69, 9.17) is 10.6 Å². The molecule has 1 aliphatic heterocycles. The first-order chi connectivity index (χ1) is 9.44. The fourth-order valence-electron chi connectivity index (χ4n) is 1.98. The van der Waals surface area contributed by atoms with Gasteiger partial charge in [0.05, 0.1) is 12.7 Å². The number of hydrazine groups is 1. The molecule has 20 heavy (non-hydrogen) atoms. The third-order valence-electron chi connectivity index (χ3n) is 3.05. The van der Waals surface area contributed by atoms with Crippen LogP contribution in [0.2, 0.25) is 0 Å². The Bertz CT molecular complexity index is 468. The molecule has 9 heteroatoms. The van der Waals surface area contributed by atoms with E-state index in [0.717, 1.165) is 12.5 Å². The number of nitrogen functional groups attached to an aromatic ring is 1. The highest BCUT2D eigenvalue weighted by atomic mass is 19.4. The number of anilines is 2. The molecule has 1 unspecified atom stereocenters. The highest BCUT2D eigenvalue weighted by molar-refractivity contribution is 5.45. The zero-order chi connectivity index (χ0) is 14.8. The first kappa shape index (κ1) is 14.8. The molecule has 0 aromatic carbocycles. The Hall–Kier alpha value is -1.61. The molecule has 0 aliphatic carbocycles. The van der Waals surface area contributed by atoms with Gasteiger partial charge in [-0.2, -0.15) is 18.2 Å². The van der Waals surface area contributed by atoms with Crippen molar-refractivity contribution in [3.8, 4) is 0 Å². The maximum Gasteiger partial charge on any atom is 0.433 e. The van der Waals surface area contributed by atoms with Crippen LogP contribution >= 0.6 is 0 Å². The van der Waals surface area contributed by atoms with Gasteiger partial charge in [0, 0.05) is 19.2 Å². The molecule has 1 atom stereocenters. The summed E-state index contributed by atoms with van der Waals surface area (Å²) in [5, 5.41) is 0. The molecule has 2 heterocycles. The molecule has 2 rings (SSSR count). The smallest absolute Gasteiger partial charge is 0.375 e. The normalized spacial score (nSPS) is 20.1. The lowest BCUT2D eigenvalue weighted by Crippen LogP contribution is -2.42. The Labute approximate surface area is 114 Å². The van der Waals surface area contributed by atoms with E-state index in [2.05, 4.69) is 15.4 Å². The minimum atomic E-state index is -4.54. The van der Waals surface area contributed by atoms with E-state index < -0.39 is 11.9 Å². The third-order valence-corrected chi connectivity index (χ3v) is 3.05. The van der Waals surface area contributed by atoms with Crippen LogP contribution in [0.1, 0.15) is 19.0 Å². The summed E-state index contributed by atoms with van der Waals surface area (Å²) in [7, 11) is 0. The standard InChI is InChI=1S/C11H16F3N5O/c1-2-7-6-19(3-4-20-7)9-5-8(11(12,13)14)16-10(17-9)18-15/h5,7H,2-4,6,15H2,1H3,(H,16,17,18). The third kappa shape index (κ3) is 3.28. The Morgan fingerprint density at radius 2 is 2.25 bits per heavy atom. The Morgan fingerprint density at radius 3 is 2.85 bits per heavy atom. The number of nitrogens with zero attached hydrogens (tertiary/aromatic N) is 3. The number of nitrogens with two attached hydrogens (primary N) is 1. The second-order valence-electron chi connectivity index (χ2n) is 4.42. The summed E-state index contributed by atoms with van der Waals surface area (Å²) in [5.41, 5.74) is 1.05. The monoisotopic (exact) mass is 291 g/mol. The largest absolute Gasteiger partial charge is 0.433 e. The van der Waals surface area contributed by atoms with Gasteiger partial charge >= 0.3 is 6.18 Å². The second-order valence-corrected chi connectivity index (χ2v) is 4.42. The van der Waals surface area contributed by atoms with Gasteiger partial charge in [0.2, 0.25) is 5.95 Å². The molecule has 3 N–H and O–H groups in total. The number of halogens is 3. The molecule has 6 nitrogen and oxygen atoms in total. The molecule has 112 valence electrons. The van der Waals surface area contributed by atoms with E-state index >= 15 is 0 Å². The number of morpholine rings is 1. The van der Waals surface area contributed by atoms with Crippen LogP contribution < -0.4 is 16.2 Å². The van der Waals surface area contributed by atoms with Gasteiger partial charge in [0.1, 0.15) is 5.82 Å². The quantitative estimate of drug-likeness (QED) is 0.647. The number of ether oxygens (including phenoxy) is 1. The fourth-order valence-corrected chi connectivity index (χ4v) is 1.98. The molecule has 0 bridgehead atoms. The van der Waals surface area contributed by atoms with Crippen LogP contribution in [0.4, 0.5) is 24.9 Å². The van der Waals surface area contributed by atoms with Gasteiger partial charge in [-0.15, -0.1) is 0 Å². The van der Waals surface area contributed by atoms with Crippen molar-refractivity contribution < 1.29 is 17.9 Å². The molecule has 1 saturated heterocycles. The molecular weight excluding hydrogens is 275 g/mol. The van der Waals surface area contributed by atoms with Gasteiger partial charge in [-0.3, -0.25) is 5.43 Å². The average molecular weight is 291 g/mol. The van der Waals surface area contributed by atoms with Gasteiger partial charge < -0.3 is 9.64 Å². The van der Waals surface area contributed by atoms with Crippen molar-refractivity contribution in [1.82, 2.24) is 9.97 Å². The predicted octanol–water partition coefficient (Wildman–Crippen LogP) is 1.40. The van der Waals surface area contributed by atoms with Gasteiger partial charge in [0.25, 0.3) is 0 Å². The summed E-state index contributed by atoms with van der Waals surface area (Å²) in [6.45, 7) is 3.39. The van der Waals surface area contributed by atoms with E-state index in [1.807, 2.05) is 6.92 Å². The molecule has 0 saturated carbocycles. The van der Waals surface area contributed by atoms with Crippen molar-refractivity contribution in [1.29, 1.82) is 0 Å². The second kappa shape index (κ2) is 5.80. The van der Waals surface area contributed by atoms with E-state index in [9.17, 15) is 13.2 Å². The van der Waals surface area contributed by atoms with Crippen molar-refractivity contribution in [2.75, 3.05) is 30.0 Å². The van der Waals surface area contributed by atoms with E-state index in [1.165, 1.54) is 0 Å². The minimum Gasteiger partial charge on any atom is -0.375 e. The van der Waals surface area contributed by atoms with Gasteiger partial charge in [-0.25, -0.2) is 10.8 Å². The molecule has 1 aromatic heterocycles. The first-order valence-corrected chi connectivity index (χ1v) is 6.23. The molecule has 1 aliphatic rings. The summed E-state index contributed by atoms with van der Waals surface area (Å²) in [5.74, 6) is 5.07. The lowest BCUT2D eigenvalue weighted by Gasteiger charge is -2.33. The van der Waals surface area contributed by atoms with Crippen LogP contribution in [-0.2, 0) is 10.9 Å². The van der Waals surface area contributed by atoms with Crippen LogP contribution in [0.15, 0.2) is 6.07 Å². The maximum atomic E-state index is 12.8. The van der Waals surface area contributed by atoms with E-state index in [0.29, 0.717) is 19.7 Å². The molecular formula is C11H16F3N5O.